The number of rotatable bonds is 5. The number of thiophene rings is 1. The maximum atomic E-state index is 13.3. The molecule has 0 unspecified atom stereocenters. The molecule has 0 aliphatic heterocycles. The fraction of sp³-hybridized carbons (Fsp3) is 0.167. The molecule has 0 amide bonds. The van der Waals surface area contributed by atoms with Crippen molar-refractivity contribution in [2.45, 2.75) is 11.3 Å². The number of benzene rings is 1. The van der Waals surface area contributed by atoms with Crippen molar-refractivity contribution in [1.29, 1.82) is 0 Å². The number of nitrogen functional groups attached to an aromatic ring is 1. The summed E-state index contributed by atoms with van der Waals surface area (Å²) in [5, 5.41) is 0. The molecule has 0 bridgehead atoms. The molecule has 2 rings (SSSR count). The van der Waals surface area contributed by atoms with E-state index in [0.29, 0.717) is 10.8 Å². The van der Waals surface area contributed by atoms with Crippen molar-refractivity contribution in [3.05, 3.63) is 45.4 Å². The molecule has 1 aromatic heterocycles. The molecular weight excluding hydrogens is 323 g/mol. The quantitative estimate of drug-likeness (QED) is 0.826. The van der Waals surface area contributed by atoms with Gasteiger partial charge in [-0.25, -0.2) is 17.5 Å². The van der Waals surface area contributed by atoms with Gasteiger partial charge in [0.15, 0.2) is 0 Å². The number of hydrogen-bond donors (Lipinski definition) is 2. The lowest BCUT2D eigenvalue weighted by atomic mass is 10.3. The predicted molar refractivity (Wildman–Crippen MR) is 79.0 cm³/mol. The third-order valence-electron chi connectivity index (χ3n) is 2.59. The molecule has 8 heteroatoms. The Kier molecular flexibility index (Phi) is 4.64. The van der Waals surface area contributed by atoms with Gasteiger partial charge in [0, 0.05) is 11.4 Å². The van der Waals surface area contributed by atoms with Crippen LogP contribution in [0.1, 0.15) is 4.88 Å². The molecule has 0 fully saturated rings. The van der Waals surface area contributed by atoms with E-state index >= 15 is 0 Å². The van der Waals surface area contributed by atoms with Crippen LogP contribution >= 0.6 is 22.9 Å². The topological polar surface area (TPSA) is 72.2 Å². The van der Waals surface area contributed by atoms with Crippen LogP contribution < -0.4 is 10.5 Å². The van der Waals surface area contributed by atoms with Gasteiger partial charge < -0.3 is 5.73 Å². The van der Waals surface area contributed by atoms with Gasteiger partial charge in [-0.15, -0.1) is 11.3 Å². The van der Waals surface area contributed by atoms with Crippen LogP contribution in [0.4, 0.5) is 10.1 Å². The van der Waals surface area contributed by atoms with Crippen LogP contribution in [0.2, 0.25) is 4.34 Å². The van der Waals surface area contributed by atoms with E-state index < -0.39 is 15.8 Å². The van der Waals surface area contributed by atoms with Gasteiger partial charge >= 0.3 is 0 Å². The van der Waals surface area contributed by atoms with Crippen LogP contribution in [0, 0.1) is 5.82 Å². The van der Waals surface area contributed by atoms with Crippen LogP contribution in [0.3, 0.4) is 0 Å². The van der Waals surface area contributed by atoms with Crippen LogP contribution in [-0.4, -0.2) is 15.0 Å². The van der Waals surface area contributed by atoms with Crippen LogP contribution in [-0.2, 0) is 16.4 Å². The third kappa shape index (κ3) is 3.49. The lowest BCUT2D eigenvalue weighted by Crippen LogP contribution is -2.26. The summed E-state index contributed by atoms with van der Waals surface area (Å²) in [4.78, 5) is 0.714. The first kappa shape index (κ1) is 15.2. The fourth-order valence-corrected chi connectivity index (χ4v) is 3.88. The van der Waals surface area contributed by atoms with Gasteiger partial charge in [0.25, 0.3) is 0 Å². The lowest BCUT2D eigenvalue weighted by molar-refractivity contribution is 0.579. The number of hydrogen-bond acceptors (Lipinski definition) is 4. The molecule has 108 valence electrons. The molecule has 0 aliphatic carbocycles. The maximum absolute atomic E-state index is 13.3. The molecule has 0 atom stereocenters. The molecule has 20 heavy (non-hydrogen) atoms. The fourth-order valence-electron chi connectivity index (χ4n) is 1.62. The number of halogens is 2. The highest BCUT2D eigenvalue weighted by Gasteiger charge is 2.18. The van der Waals surface area contributed by atoms with E-state index in [-0.39, 0.29) is 17.1 Å². The van der Waals surface area contributed by atoms with E-state index in [1.54, 1.807) is 6.07 Å². The first-order valence-electron chi connectivity index (χ1n) is 5.68. The second-order valence-corrected chi connectivity index (χ2v) is 7.54. The minimum Gasteiger partial charge on any atom is -0.395 e. The second kappa shape index (κ2) is 6.09. The zero-order valence-corrected chi connectivity index (χ0v) is 12.7. The van der Waals surface area contributed by atoms with Gasteiger partial charge in [-0.2, -0.15) is 0 Å². The van der Waals surface area contributed by atoms with Crippen molar-refractivity contribution in [1.82, 2.24) is 4.72 Å². The van der Waals surface area contributed by atoms with Crippen molar-refractivity contribution >= 4 is 38.6 Å². The van der Waals surface area contributed by atoms with Crippen molar-refractivity contribution < 1.29 is 12.8 Å². The van der Waals surface area contributed by atoms with Crippen LogP contribution in [0.15, 0.2) is 35.2 Å². The smallest absolute Gasteiger partial charge is 0.242 e. The summed E-state index contributed by atoms with van der Waals surface area (Å²) < 4.78 is 40.4. The molecule has 1 aromatic carbocycles. The molecule has 0 radical (unpaired) electrons. The number of sulfonamides is 1. The Morgan fingerprint density at radius 1 is 1.30 bits per heavy atom. The van der Waals surface area contributed by atoms with Gasteiger partial charge in [0.1, 0.15) is 10.7 Å². The molecule has 3 N–H and O–H groups in total. The average molecular weight is 335 g/mol. The standard InChI is InChI=1S/C12H12ClFN2O2S2/c13-11-5-4-8(19-11)6-7-16-20(17,18)10-3-1-2-9(14)12(10)15/h1-5,16H,6-7,15H2. The van der Waals surface area contributed by atoms with Crippen molar-refractivity contribution in [2.24, 2.45) is 0 Å². The number of nitrogens with two attached hydrogens (primary N) is 1. The van der Waals surface area contributed by atoms with Crippen molar-refractivity contribution in [2.75, 3.05) is 12.3 Å². The summed E-state index contributed by atoms with van der Waals surface area (Å²) in [6, 6.07) is 7.27. The molecule has 0 spiro atoms. The minimum atomic E-state index is -3.82. The Bertz CT molecular complexity index is 716. The Morgan fingerprint density at radius 3 is 2.70 bits per heavy atom. The van der Waals surface area contributed by atoms with Crippen molar-refractivity contribution in [3.8, 4) is 0 Å². The normalized spacial score (nSPS) is 11.7. The number of nitrogens with one attached hydrogen (secondary N) is 1. The van der Waals surface area contributed by atoms with E-state index in [1.807, 2.05) is 6.07 Å². The highest BCUT2D eigenvalue weighted by Crippen LogP contribution is 2.22. The van der Waals surface area contributed by atoms with E-state index in [9.17, 15) is 12.8 Å². The number of para-hydroxylation sites is 1. The summed E-state index contributed by atoms with van der Waals surface area (Å²) in [5.74, 6) is -0.752. The Labute approximate surface area is 125 Å². The highest BCUT2D eigenvalue weighted by atomic mass is 35.5. The van der Waals surface area contributed by atoms with E-state index in [0.717, 1.165) is 10.9 Å². The first-order chi connectivity index (χ1) is 9.40. The zero-order valence-electron chi connectivity index (χ0n) is 10.3. The predicted octanol–water partition coefficient (Wildman–Crippen LogP) is 2.64. The van der Waals surface area contributed by atoms with E-state index in [4.69, 9.17) is 17.3 Å². The van der Waals surface area contributed by atoms with Gasteiger partial charge in [-0.1, -0.05) is 17.7 Å². The van der Waals surface area contributed by atoms with E-state index in [1.165, 1.54) is 23.5 Å². The van der Waals surface area contributed by atoms with Gasteiger partial charge in [0.05, 0.1) is 10.0 Å². The largest absolute Gasteiger partial charge is 0.395 e. The summed E-state index contributed by atoms with van der Waals surface area (Å²) in [5.41, 5.74) is 5.07. The maximum Gasteiger partial charge on any atom is 0.242 e. The molecule has 0 saturated carbocycles. The van der Waals surface area contributed by atoms with Gasteiger partial charge in [-0.3, -0.25) is 0 Å². The summed E-state index contributed by atoms with van der Waals surface area (Å²) in [6.45, 7) is 0.190. The summed E-state index contributed by atoms with van der Waals surface area (Å²) in [7, 11) is -3.82. The van der Waals surface area contributed by atoms with Crippen LogP contribution in [0.5, 0.6) is 0 Å². The Hall–Kier alpha value is -1.15. The van der Waals surface area contributed by atoms with E-state index in [2.05, 4.69) is 4.72 Å². The zero-order chi connectivity index (χ0) is 14.8. The summed E-state index contributed by atoms with van der Waals surface area (Å²) in [6.07, 6.45) is 0.506. The molecule has 2 aromatic rings. The molecule has 0 saturated heterocycles. The molecule has 0 aliphatic rings. The summed E-state index contributed by atoms with van der Waals surface area (Å²) >= 11 is 7.17. The average Bonchev–Trinajstić information content (AvgIpc) is 2.78. The monoisotopic (exact) mass is 334 g/mol. The minimum absolute atomic E-state index is 0.190. The lowest BCUT2D eigenvalue weighted by Gasteiger charge is -2.09. The SMILES string of the molecule is Nc1c(F)cccc1S(=O)(=O)NCCc1ccc(Cl)s1. The third-order valence-corrected chi connectivity index (χ3v) is 5.40. The molecule has 1 heterocycles. The molecule has 4 nitrogen and oxygen atoms in total. The van der Waals surface area contributed by atoms with Gasteiger partial charge in [-0.05, 0) is 30.7 Å². The van der Waals surface area contributed by atoms with Gasteiger partial charge in [0.2, 0.25) is 10.0 Å². The number of anilines is 1. The first-order valence-corrected chi connectivity index (χ1v) is 8.36. The Balaban J connectivity index is 2.06. The van der Waals surface area contributed by atoms with Crippen molar-refractivity contribution in [3.63, 3.8) is 0 Å². The molecular formula is C12H12ClFN2O2S2. The highest BCUT2D eigenvalue weighted by molar-refractivity contribution is 7.89. The van der Waals surface area contributed by atoms with Crippen LogP contribution in [0.25, 0.3) is 0 Å². The second-order valence-electron chi connectivity index (χ2n) is 4.01. The Morgan fingerprint density at radius 2 is 2.05 bits per heavy atom.